The maximum Gasteiger partial charge on any atom is 0.338 e. The Morgan fingerprint density at radius 3 is 2.47 bits per heavy atom. The van der Waals surface area contributed by atoms with Crippen molar-refractivity contribution in [2.24, 2.45) is 0 Å². The summed E-state index contributed by atoms with van der Waals surface area (Å²) in [5, 5.41) is 2.74. The Morgan fingerprint density at radius 1 is 1.10 bits per heavy atom. The molecular formula is C22H28N2O5S. The summed E-state index contributed by atoms with van der Waals surface area (Å²) in [6.45, 7) is 6.00. The van der Waals surface area contributed by atoms with E-state index >= 15 is 0 Å². The number of anilines is 2. The lowest BCUT2D eigenvalue weighted by Gasteiger charge is -2.24. The molecule has 0 radical (unpaired) electrons. The number of sulfonamides is 1. The predicted octanol–water partition coefficient (Wildman–Crippen LogP) is 3.67. The first-order valence-electron chi connectivity index (χ1n) is 9.74. The van der Waals surface area contributed by atoms with Crippen molar-refractivity contribution in [2.75, 3.05) is 29.0 Å². The molecule has 0 aromatic heterocycles. The third-order valence-corrected chi connectivity index (χ3v) is 5.85. The number of benzene rings is 2. The molecule has 2 aromatic carbocycles. The van der Waals surface area contributed by atoms with Crippen molar-refractivity contribution in [1.29, 1.82) is 0 Å². The van der Waals surface area contributed by atoms with E-state index in [1.54, 1.807) is 37.3 Å². The molecule has 2 aromatic rings. The van der Waals surface area contributed by atoms with Crippen molar-refractivity contribution in [3.8, 4) is 0 Å². The van der Waals surface area contributed by atoms with Crippen molar-refractivity contribution in [1.82, 2.24) is 0 Å². The van der Waals surface area contributed by atoms with Gasteiger partial charge in [0.25, 0.3) is 0 Å². The lowest BCUT2D eigenvalue weighted by molar-refractivity contribution is -0.116. The zero-order chi connectivity index (χ0) is 22.3. The normalized spacial score (nSPS) is 11.1. The summed E-state index contributed by atoms with van der Waals surface area (Å²) in [6.07, 6.45) is 1.65. The molecule has 0 spiro atoms. The molecule has 0 heterocycles. The van der Waals surface area contributed by atoms with E-state index in [1.165, 1.54) is 4.31 Å². The fraction of sp³-hybridized carbons (Fsp3) is 0.364. The molecule has 0 aliphatic heterocycles. The minimum absolute atomic E-state index is 0.139. The van der Waals surface area contributed by atoms with Gasteiger partial charge < -0.3 is 10.1 Å². The fourth-order valence-corrected chi connectivity index (χ4v) is 4.03. The van der Waals surface area contributed by atoms with E-state index in [9.17, 15) is 18.0 Å². The molecule has 30 heavy (non-hydrogen) atoms. The number of hydrogen-bond donors (Lipinski definition) is 1. The van der Waals surface area contributed by atoms with E-state index in [0.717, 1.165) is 17.4 Å². The third kappa shape index (κ3) is 6.32. The lowest BCUT2D eigenvalue weighted by Crippen LogP contribution is -2.32. The van der Waals surface area contributed by atoms with Crippen molar-refractivity contribution in [3.63, 3.8) is 0 Å². The highest BCUT2D eigenvalue weighted by atomic mass is 32.2. The van der Waals surface area contributed by atoms with Gasteiger partial charge in [-0.1, -0.05) is 18.2 Å². The van der Waals surface area contributed by atoms with Crippen LogP contribution in [0, 0.1) is 13.8 Å². The van der Waals surface area contributed by atoms with Crippen LogP contribution in [-0.2, 0) is 19.6 Å². The predicted molar refractivity (Wildman–Crippen MR) is 118 cm³/mol. The topological polar surface area (TPSA) is 92.8 Å². The van der Waals surface area contributed by atoms with Gasteiger partial charge in [-0.05, 0) is 62.6 Å². The first-order valence-corrected chi connectivity index (χ1v) is 11.6. The Hall–Kier alpha value is -2.87. The van der Waals surface area contributed by atoms with Crippen LogP contribution in [0.4, 0.5) is 11.4 Å². The van der Waals surface area contributed by atoms with Crippen LogP contribution in [0.3, 0.4) is 0 Å². The van der Waals surface area contributed by atoms with E-state index in [4.69, 9.17) is 4.74 Å². The highest BCUT2D eigenvalue weighted by Gasteiger charge is 2.20. The summed E-state index contributed by atoms with van der Waals surface area (Å²) in [5.74, 6) is -0.712. The first-order chi connectivity index (χ1) is 14.1. The van der Waals surface area contributed by atoms with E-state index in [1.807, 2.05) is 26.0 Å². The molecule has 0 bridgehead atoms. The summed E-state index contributed by atoms with van der Waals surface area (Å²) in [7, 11) is -3.48. The summed E-state index contributed by atoms with van der Waals surface area (Å²) in [6, 6.07) is 12.0. The van der Waals surface area contributed by atoms with Crippen LogP contribution in [0.1, 0.15) is 41.3 Å². The molecule has 0 saturated carbocycles. The number of amides is 1. The van der Waals surface area contributed by atoms with Gasteiger partial charge in [0.1, 0.15) is 0 Å². The zero-order valence-corrected chi connectivity index (χ0v) is 18.6. The smallest absolute Gasteiger partial charge is 0.338 e. The Morgan fingerprint density at radius 2 is 1.80 bits per heavy atom. The van der Waals surface area contributed by atoms with Gasteiger partial charge in [-0.15, -0.1) is 0 Å². The van der Waals surface area contributed by atoms with Gasteiger partial charge in [0.15, 0.2) is 0 Å². The van der Waals surface area contributed by atoms with Gasteiger partial charge in [-0.25, -0.2) is 13.2 Å². The number of carbonyl (C=O) groups is 2. The maximum atomic E-state index is 12.3. The van der Waals surface area contributed by atoms with Gasteiger partial charge in [0.2, 0.25) is 15.9 Å². The summed E-state index contributed by atoms with van der Waals surface area (Å²) in [4.78, 5) is 24.1. The summed E-state index contributed by atoms with van der Waals surface area (Å²) >= 11 is 0. The van der Waals surface area contributed by atoms with Gasteiger partial charge in [-0.3, -0.25) is 9.10 Å². The van der Waals surface area contributed by atoms with Gasteiger partial charge in [0, 0.05) is 18.7 Å². The van der Waals surface area contributed by atoms with Crippen LogP contribution >= 0.6 is 0 Å². The Balaban J connectivity index is 2.01. The average Bonchev–Trinajstić information content (AvgIpc) is 2.67. The van der Waals surface area contributed by atoms with Gasteiger partial charge >= 0.3 is 5.97 Å². The van der Waals surface area contributed by atoms with Crippen molar-refractivity contribution >= 4 is 33.3 Å². The highest BCUT2D eigenvalue weighted by molar-refractivity contribution is 7.92. The molecule has 0 saturated heterocycles. The van der Waals surface area contributed by atoms with Crippen LogP contribution in [0.2, 0.25) is 0 Å². The molecule has 162 valence electrons. The number of hydrogen-bond acceptors (Lipinski definition) is 5. The van der Waals surface area contributed by atoms with Crippen LogP contribution in [-0.4, -0.2) is 39.7 Å². The number of aryl methyl sites for hydroxylation is 1. The first kappa shape index (κ1) is 23.4. The van der Waals surface area contributed by atoms with Crippen LogP contribution in [0.15, 0.2) is 42.5 Å². The Kier molecular flexibility index (Phi) is 8.00. The lowest BCUT2D eigenvalue weighted by atomic mass is 10.1. The SMILES string of the molecule is CCOC(=O)c1cccc(NC(=O)CCCN(c2cccc(C)c2C)S(C)(=O)=O)c1. The molecule has 1 N–H and O–H groups in total. The van der Waals surface area contributed by atoms with Gasteiger partial charge in [0.05, 0.1) is 24.1 Å². The fourth-order valence-electron chi connectivity index (χ4n) is 3.02. The third-order valence-electron chi connectivity index (χ3n) is 4.67. The van der Waals surface area contributed by atoms with Crippen LogP contribution in [0.5, 0.6) is 0 Å². The molecule has 1 amide bonds. The van der Waals surface area contributed by atoms with Crippen molar-refractivity contribution < 1.29 is 22.7 Å². The Labute approximate surface area is 178 Å². The maximum absolute atomic E-state index is 12.3. The molecule has 0 unspecified atom stereocenters. The number of rotatable bonds is 9. The second-order valence-corrected chi connectivity index (χ2v) is 8.91. The molecule has 0 fully saturated rings. The highest BCUT2D eigenvalue weighted by Crippen LogP contribution is 2.25. The van der Waals surface area contributed by atoms with E-state index < -0.39 is 16.0 Å². The number of nitrogens with zero attached hydrogens (tertiary/aromatic N) is 1. The average molecular weight is 433 g/mol. The number of esters is 1. The monoisotopic (exact) mass is 432 g/mol. The molecule has 7 nitrogen and oxygen atoms in total. The molecular weight excluding hydrogens is 404 g/mol. The quantitative estimate of drug-likeness (QED) is 0.611. The van der Waals surface area contributed by atoms with Gasteiger partial charge in [-0.2, -0.15) is 0 Å². The largest absolute Gasteiger partial charge is 0.462 e. The second-order valence-electron chi connectivity index (χ2n) is 7.01. The molecule has 0 atom stereocenters. The molecule has 8 heteroatoms. The molecule has 2 rings (SSSR count). The molecule has 0 aliphatic carbocycles. The standard InChI is InChI=1S/C22H28N2O5S/c1-5-29-22(26)18-10-7-11-19(15-18)23-21(25)13-8-14-24(30(4,27)28)20-12-6-9-16(2)17(20)3/h6-7,9-12,15H,5,8,13-14H2,1-4H3,(H,23,25). The zero-order valence-electron chi connectivity index (χ0n) is 17.8. The Bertz CT molecular complexity index is 1020. The van der Waals surface area contributed by atoms with E-state index in [-0.39, 0.29) is 25.5 Å². The van der Waals surface area contributed by atoms with E-state index in [0.29, 0.717) is 23.4 Å². The van der Waals surface area contributed by atoms with E-state index in [2.05, 4.69) is 5.32 Å². The summed E-state index contributed by atoms with van der Waals surface area (Å²) in [5.41, 5.74) is 3.36. The summed E-state index contributed by atoms with van der Waals surface area (Å²) < 4.78 is 30.9. The minimum Gasteiger partial charge on any atom is -0.462 e. The number of carbonyl (C=O) groups excluding carboxylic acids is 2. The molecule has 0 aliphatic rings. The van der Waals surface area contributed by atoms with Crippen LogP contribution in [0.25, 0.3) is 0 Å². The minimum atomic E-state index is -3.48. The second kappa shape index (κ2) is 10.2. The van der Waals surface area contributed by atoms with Crippen molar-refractivity contribution in [2.45, 2.75) is 33.6 Å². The van der Waals surface area contributed by atoms with Crippen LogP contribution < -0.4 is 9.62 Å². The number of nitrogens with one attached hydrogen (secondary N) is 1. The number of ether oxygens (including phenoxy) is 1. The van der Waals surface area contributed by atoms with Crippen molar-refractivity contribution in [3.05, 3.63) is 59.2 Å².